The molecule has 0 aliphatic carbocycles. The number of halogens is 1. The summed E-state index contributed by atoms with van der Waals surface area (Å²) in [6.45, 7) is 3.97. The molecule has 0 bridgehead atoms. The third-order valence-electron chi connectivity index (χ3n) is 2.79. The molecule has 2 N–H and O–H groups in total. The van der Waals surface area contributed by atoms with E-state index in [-0.39, 0.29) is 18.5 Å². The normalized spacial score (nSPS) is 12.4. The monoisotopic (exact) mass is 279 g/mol. The number of ether oxygens (including phenoxy) is 1. The molecule has 5 nitrogen and oxygen atoms in total. The van der Waals surface area contributed by atoms with Crippen molar-refractivity contribution in [1.29, 1.82) is 0 Å². The van der Waals surface area contributed by atoms with Crippen LogP contribution >= 0.6 is 0 Å². The first kappa shape index (κ1) is 14.5. The Bertz CT molecular complexity index is 569. The fraction of sp³-hybridized carbons (Fsp3) is 0.429. The van der Waals surface area contributed by atoms with Crippen LogP contribution in [0.25, 0.3) is 0 Å². The second-order valence-corrected chi connectivity index (χ2v) is 4.61. The third kappa shape index (κ3) is 3.54. The van der Waals surface area contributed by atoms with E-state index >= 15 is 0 Å². The molecule has 0 radical (unpaired) electrons. The van der Waals surface area contributed by atoms with Gasteiger partial charge >= 0.3 is 0 Å². The molecule has 1 aromatic heterocycles. The van der Waals surface area contributed by atoms with Gasteiger partial charge in [-0.2, -0.15) is 4.98 Å². The van der Waals surface area contributed by atoms with E-state index in [1.54, 1.807) is 13.0 Å². The van der Waals surface area contributed by atoms with Crippen LogP contribution in [0.4, 0.5) is 4.39 Å². The molecule has 1 heterocycles. The number of aryl methyl sites for hydroxylation is 1. The molecule has 1 atom stereocenters. The van der Waals surface area contributed by atoms with E-state index < -0.39 is 0 Å². The van der Waals surface area contributed by atoms with Gasteiger partial charge in [-0.25, -0.2) is 4.39 Å². The maximum Gasteiger partial charge on any atom is 0.226 e. The maximum absolute atomic E-state index is 13.2. The highest BCUT2D eigenvalue weighted by atomic mass is 19.1. The maximum atomic E-state index is 13.2. The number of benzene rings is 1. The van der Waals surface area contributed by atoms with Gasteiger partial charge in [0.2, 0.25) is 11.7 Å². The van der Waals surface area contributed by atoms with Crippen LogP contribution in [0.2, 0.25) is 0 Å². The van der Waals surface area contributed by atoms with Crippen LogP contribution in [0.3, 0.4) is 0 Å². The minimum atomic E-state index is -0.338. The summed E-state index contributed by atoms with van der Waals surface area (Å²) < 4.78 is 23.9. The van der Waals surface area contributed by atoms with Gasteiger partial charge in [0.15, 0.2) is 6.61 Å². The molecule has 0 saturated heterocycles. The van der Waals surface area contributed by atoms with Gasteiger partial charge in [-0.05, 0) is 31.5 Å². The lowest BCUT2D eigenvalue weighted by molar-refractivity contribution is 0.281. The Morgan fingerprint density at radius 1 is 1.45 bits per heavy atom. The zero-order valence-corrected chi connectivity index (χ0v) is 11.6. The molecule has 0 spiro atoms. The van der Waals surface area contributed by atoms with Gasteiger partial charge < -0.3 is 15.0 Å². The first-order valence-electron chi connectivity index (χ1n) is 6.59. The van der Waals surface area contributed by atoms with Crippen molar-refractivity contribution in [2.24, 2.45) is 5.73 Å². The van der Waals surface area contributed by atoms with E-state index in [0.29, 0.717) is 23.0 Å². The molecule has 2 rings (SSSR count). The van der Waals surface area contributed by atoms with Crippen molar-refractivity contribution in [1.82, 2.24) is 10.1 Å². The van der Waals surface area contributed by atoms with Gasteiger partial charge in [-0.3, -0.25) is 0 Å². The van der Waals surface area contributed by atoms with E-state index in [1.807, 2.05) is 6.92 Å². The number of hydrogen-bond donors (Lipinski definition) is 1. The Morgan fingerprint density at radius 2 is 2.25 bits per heavy atom. The highest BCUT2D eigenvalue weighted by molar-refractivity contribution is 5.36. The average molecular weight is 279 g/mol. The Kier molecular flexibility index (Phi) is 4.68. The number of aromatic nitrogens is 2. The zero-order chi connectivity index (χ0) is 14.5. The highest BCUT2D eigenvalue weighted by Crippen LogP contribution is 2.25. The molecule has 0 saturated carbocycles. The van der Waals surface area contributed by atoms with Crippen LogP contribution in [0.5, 0.6) is 5.75 Å². The van der Waals surface area contributed by atoms with Gasteiger partial charge in [0.05, 0.1) is 0 Å². The van der Waals surface area contributed by atoms with E-state index in [9.17, 15) is 4.39 Å². The van der Waals surface area contributed by atoms with Crippen LogP contribution in [0.1, 0.15) is 43.6 Å². The quantitative estimate of drug-likeness (QED) is 0.880. The average Bonchev–Trinajstić information content (AvgIpc) is 2.85. The van der Waals surface area contributed by atoms with Gasteiger partial charge in [-0.15, -0.1) is 0 Å². The van der Waals surface area contributed by atoms with Crippen molar-refractivity contribution in [3.05, 3.63) is 41.3 Å². The number of nitrogens with two attached hydrogens (primary N) is 1. The van der Waals surface area contributed by atoms with Crippen LogP contribution in [-0.2, 0) is 13.0 Å². The molecule has 20 heavy (non-hydrogen) atoms. The van der Waals surface area contributed by atoms with Crippen molar-refractivity contribution in [3.8, 4) is 5.75 Å². The summed E-state index contributed by atoms with van der Waals surface area (Å²) in [6.07, 6.45) is 1.68. The second kappa shape index (κ2) is 6.47. The largest absolute Gasteiger partial charge is 0.485 e. The minimum Gasteiger partial charge on any atom is -0.485 e. The molecular weight excluding hydrogens is 261 g/mol. The molecule has 1 aromatic carbocycles. The summed E-state index contributed by atoms with van der Waals surface area (Å²) in [4.78, 5) is 4.20. The summed E-state index contributed by atoms with van der Waals surface area (Å²) in [5, 5.41) is 3.83. The van der Waals surface area contributed by atoms with Crippen molar-refractivity contribution >= 4 is 0 Å². The summed E-state index contributed by atoms with van der Waals surface area (Å²) in [6, 6.07) is 3.95. The van der Waals surface area contributed by atoms with E-state index in [4.69, 9.17) is 15.0 Å². The van der Waals surface area contributed by atoms with Gasteiger partial charge in [-0.1, -0.05) is 12.1 Å². The van der Waals surface area contributed by atoms with E-state index in [1.165, 1.54) is 12.1 Å². The smallest absolute Gasteiger partial charge is 0.226 e. The Balaban J connectivity index is 2.06. The van der Waals surface area contributed by atoms with Gasteiger partial charge in [0.25, 0.3) is 0 Å². The lowest BCUT2D eigenvalue weighted by atomic mass is 10.1. The van der Waals surface area contributed by atoms with E-state index in [2.05, 4.69) is 10.1 Å². The van der Waals surface area contributed by atoms with Gasteiger partial charge in [0, 0.05) is 18.0 Å². The Labute approximate surface area is 116 Å². The highest BCUT2D eigenvalue weighted by Gasteiger charge is 2.11. The molecule has 0 aliphatic heterocycles. The minimum absolute atomic E-state index is 0.165. The first-order chi connectivity index (χ1) is 9.60. The van der Waals surface area contributed by atoms with Crippen LogP contribution in [0, 0.1) is 5.82 Å². The first-order valence-corrected chi connectivity index (χ1v) is 6.59. The molecule has 0 amide bonds. The molecule has 108 valence electrons. The Morgan fingerprint density at radius 3 is 2.95 bits per heavy atom. The second-order valence-electron chi connectivity index (χ2n) is 4.61. The standard InChI is InChI=1S/C14H18FN3O2/c1-3-4-14-17-13(18-20-14)8-19-12-6-5-10(15)7-11(12)9(2)16/h5-7,9H,3-4,8,16H2,1-2H3. The predicted octanol–water partition coefficient (Wildman–Crippen LogP) is 2.76. The number of hydrogen-bond acceptors (Lipinski definition) is 5. The summed E-state index contributed by atoms with van der Waals surface area (Å²) in [5.74, 6) is 1.25. The lowest BCUT2D eigenvalue weighted by Gasteiger charge is -2.12. The summed E-state index contributed by atoms with van der Waals surface area (Å²) >= 11 is 0. The topological polar surface area (TPSA) is 74.2 Å². The van der Waals surface area contributed by atoms with Crippen molar-refractivity contribution in [3.63, 3.8) is 0 Å². The molecule has 6 heteroatoms. The zero-order valence-electron chi connectivity index (χ0n) is 11.6. The molecule has 1 unspecified atom stereocenters. The van der Waals surface area contributed by atoms with Crippen LogP contribution in [0.15, 0.2) is 22.7 Å². The van der Waals surface area contributed by atoms with Gasteiger partial charge in [0.1, 0.15) is 11.6 Å². The van der Waals surface area contributed by atoms with Crippen molar-refractivity contribution in [2.75, 3.05) is 0 Å². The number of rotatable bonds is 6. The fourth-order valence-corrected chi connectivity index (χ4v) is 1.81. The molecular formula is C14H18FN3O2. The SMILES string of the molecule is CCCc1nc(COc2ccc(F)cc2C(C)N)no1. The van der Waals surface area contributed by atoms with Crippen LogP contribution in [-0.4, -0.2) is 10.1 Å². The van der Waals surface area contributed by atoms with Crippen molar-refractivity contribution < 1.29 is 13.7 Å². The van der Waals surface area contributed by atoms with E-state index in [0.717, 1.165) is 12.8 Å². The summed E-state index contributed by atoms with van der Waals surface area (Å²) in [5.41, 5.74) is 6.41. The Hall–Kier alpha value is -1.95. The van der Waals surface area contributed by atoms with Crippen LogP contribution < -0.4 is 10.5 Å². The molecule has 2 aromatic rings. The number of nitrogens with zero attached hydrogens (tertiary/aromatic N) is 2. The molecule has 0 aliphatic rings. The molecule has 0 fully saturated rings. The summed E-state index contributed by atoms with van der Waals surface area (Å²) in [7, 11) is 0. The van der Waals surface area contributed by atoms with Crippen molar-refractivity contribution in [2.45, 2.75) is 39.3 Å². The fourth-order valence-electron chi connectivity index (χ4n) is 1.81. The predicted molar refractivity (Wildman–Crippen MR) is 71.6 cm³/mol. The lowest BCUT2D eigenvalue weighted by Crippen LogP contribution is -2.09. The third-order valence-corrected chi connectivity index (χ3v) is 2.79.